The van der Waals surface area contributed by atoms with Crippen LogP contribution < -0.4 is 0 Å². The Bertz CT molecular complexity index is 1240. The number of rotatable bonds is 7. The average Bonchev–Trinajstić information content (AvgIpc) is 3.40. The lowest BCUT2D eigenvalue weighted by Gasteiger charge is -2.23. The van der Waals surface area contributed by atoms with Gasteiger partial charge in [-0.2, -0.15) is 0 Å². The molecule has 1 amide bonds. The van der Waals surface area contributed by atoms with Crippen molar-refractivity contribution >= 4 is 23.0 Å². The molecular weight excluding hydrogens is 426 g/mol. The van der Waals surface area contributed by atoms with E-state index in [0.29, 0.717) is 18.2 Å². The van der Waals surface area contributed by atoms with Gasteiger partial charge in [0.25, 0.3) is 5.91 Å². The number of aryl methyl sites for hydroxylation is 3. The van der Waals surface area contributed by atoms with Crippen molar-refractivity contribution < 1.29 is 4.79 Å². The van der Waals surface area contributed by atoms with Crippen LogP contribution in [0.25, 0.3) is 10.4 Å². The molecule has 0 spiro atoms. The number of fused-ring (bicyclic) bond motifs is 1. The second kappa shape index (κ2) is 8.86. The van der Waals surface area contributed by atoms with Crippen LogP contribution in [0.3, 0.4) is 0 Å². The highest BCUT2D eigenvalue weighted by Gasteiger charge is 2.31. The summed E-state index contributed by atoms with van der Waals surface area (Å²) in [7, 11) is 0. The van der Waals surface area contributed by atoms with Gasteiger partial charge in [0, 0.05) is 31.3 Å². The third-order valence-electron chi connectivity index (χ3n) is 6.83. The van der Waals surface area contributed by atoms with Crippen LogP contribution in [0.4, 0.5) is 0 Å². The maximum Gasteiger partial charge on any atom is 0.274 e. The van der Waals surface area contributed by atoms with Crippen molar-refractivity contribution in [3.8, 4) is 10.4 Å². The van der Waals surface area contributed by atoms with Gasteiger partial charge in [0.05, 0.1) is 15.6 Å². The van der Waals surface area contributed by atoms with Crippen LogP contribution in [-0.4, -0.2) is 34.6 Å². The lowest BCUT2D eigenvalue weighted by molar-refractivity contribution is 0.0745. The number of carbonyl (C=O) groups is 1. The van der Waals surface area contributed by atoms with Gasteiger partial charge in [-0.3, -0.25) is 9.79 Å². The Morgan fingerprint density at radius 2 is 1.94 bits per heavy atom. The Balaban J connectivity index is 1.38. The summed E-state index contributed by atoms with van der Waals surface area (Å²) in [5.41, 5.74) is 9.19. The van der Waals surface area contributed by atoms with E-state index in [1.807, 2.05) is 18.0 Å². The second-order valence-electron chi connectivity index (χ2n) is 9.65. The Morgan fingerprint density at radius 1 is 1.12 bits per heavy atom. The molecule has 2 aromatic rings. The third kappa shape index (κ3) is 4.65. The van der Waals surface area contributed by atoms with Crippen molar-refractivity contribution in [2.45, 2.75) is 53.4 Å². The molecule has 0 N–H and O–H groups in total. The number of hydrogen-bond donors (Lipinski definition) is 0. The summed E-state index contributed by atoms with van der Waals surface area (Å²) in [5.74, 6) is 0.690. The van der Waals surface area contributed by atoms with Crippen molar-refractivity contribution in [3.63, 3.8) is 0 Å². The van der Waals surface area contributed by atoms with Crippen LogP contribution in [-0.2, 0) is 0 Å². The van der Waals surface area contributed by atoms with Gasteiger partial charge in [0.2, 0.25) is 0 Å². The Labute approximate surface area is 200 Å². The van der Waals surface area contributed by atoms with E-state index in [-0.39, 0.29) is 5.91 Å². The molecule has 0 radical (unpaired) electrons. The Kier molecular flexibility index (Phi) is 5.92. The number of nitrogens with zero attached hydrogens (tertiary/aromatic N) is 3. The van der Waals surface area contributed by atoms with Gasteiger partial charge in [0.1, 0.15) is 5.69 Å². The summed E-state index contributed by atoms with van der Waals surface area (Å²) in [5, 5.41) is 0.934. The van der Waals surface area contributed by atoms with Crippen LogP contribution in [0, 0.1) is 26.7 Å². The molecule has 0 saturated heterocycles. The minimum absolute atomic E-state index is 0.0626. The standard InChI is InChI=1S/C28H31N3OS/c1-17-5-10-24-23(15-29-25(24)13-17)11-12-31(16-21-7-8-21)28(32)26-27(33-20(4)30-26)22-9-6-18(2)19(3)14-22/h5-6,9-10,14-15,21H,7-8,11-13,16H2,1-4H3. The lowest BCUT2D eigenvalue weighted by Crippen LogP contribution is -2.34. The maximum absolute atomic E-state index is 13.8. The number of amides is 1. The molecule has 2 heterocycles. The molecule has 1 saturated carbocycles. The van der Waals surface area contributed by atoms with E-state index in [1.165, 1.54) is 40.7 Å². The quantitative estimate of drug-likeness (QED) is 0.471. The number of aliphatic imine (C=N–C) groups is 1. The Morgan fingerprint density at radius 3 is 2.70 bits per heavy atom. The van der Waals surface area contributed by atoms with E-state index >= 15 is 0 Å². The predicted octanol–water partition coefficient (Wildman–Crippen LogP) is 6.59. The van der Waals surface area contributed by atoms with Crippen molar-refractivity contribution in [2.75, 3.05) is 13.1 Å². The molecule has 1 aliphatic heterocycles. The summed E-state index contributed by atoms with van der Waals surface area (Å²) < 4.78 is 0. The number of allylic oxidation sites excluding steroid dienone is 4. The fraction of sp³-hybridized carbons (Fsp3) is 0.393. The van der Waals surface area contributed by atoms with E-state index in [2.05, 4.69) is 56.1 Å². The van der Waals surface area contributed by atoms with Crippen molar-refractivity contribution in [1.82, 2.24) is 9.88 Å². The van der Waals surface area contributed by atoms with Crippen LogP contribution in [0.15, 0.2) is 58.3 Å². The first kappa shape index (κ1) is 22.0. The summed E-state index contributed by atoms with van der Waals surface area (Å²) >= 11 is 1.62. The summed E-state index contributed by atoms with van der Waals surface area (Å²) in [6.45, 7) is 9.90. The van der Waals surface area contributed by atoms with E-state index in [1.54, 1.807) is 11.3 Å². The summed E-state index contributed by atoms with van der Waals surface area (Å²) in [6.07, 6.45) is 10.6. The number of hydrogen-bond acceptors (Lipinski definition) is 4. The fourth-order valence-corrected chi connectivity index (χ4v) is 5.42. The number of thiazole rings is 1. The molecule has 4 nitrogen and oxygen atoms in total. The maximum atomic E-state index is 13.8. The minimum Gasteiger partial charge on any atom is -0.337 e. The van der Waals surface area contributed by atoms with Crippen LogP contribution in [0.1, 0.15) is 59.2 Å². The highest BCUT2D eigenvalue weighted by Crippen LogP contribution is 2.35. The first-order chi connectivity index (χ1) is 15.9. The summed E-state index contributed by atoms with van der Waals surface area (Å²) in [4.78, 5) is 26.2. The second-order valence-corrected chi connectivity index (χ2v) is 10.9. The van der Waals surface area contributed by atoms with Gasteiger partial charge < -0.3 is 4.90 Å². The minimum atomic E-state index is 0.0626. The lowest BCUT2D eigenvalue weighted by atomic mass is 9.92. The zero-order valence-electron chi connectivity index (χ0n) is 19.9. The highest BCUT2D eigenvalue weighted by atomic mass is 32.1. The fourth-order valence-electron chi connectivity index (χ4n) is 4.52. The highest BCUT2D eigenvalue weighted by molar-refractivity contribution is 7.15. The van der Waals surface area contributed by atoms with E-state index in [0.717, 1.165) is 40.5 Å². The first-order valence-corrected chi connectivity index (χ1v) is 12.7. The van der Waals surface area contributed by atoms with Gasteiger partial charge in [-0.25, -0.2) is 4.98 Å². The van der Waals surface area contributed by atoms with Crippen molar-refractivity contribution in [2.24, 2.45) is 10.9 Å². The van der Waals surface area contributed by atoms with Crippen molar-refractivity contribution in [3.05, 3.63) is 75.1 Å². The molecule has 0 atom stereocenters. The predicted molar refractivity (Wildman–Crippen MR) is 137 cm³/mol. The molecule has 2 aliphatic carbocycles. The Hall–Kier alpha value is -2.79. The van der Waals surface area contributed by atoms with Gasteiger partial charge in [-0.05, 0) is 75.1 Å². The zero-order valence-corrected chi connectivity index (χ0v) is 20.8. The molecule has 1 aromatic carbocycles. The SMILES string of the molecule is CC1=CC=C2C(CCN(CC3CC3)C(=O)c3nc(C)sc3-c3ccc(C)c(C)c3)=CN=C2C1. The van der Waals surface area contributed by atoms with Gasteiger partial charge >= 0.3 is 0 Å². The van der Waals surface area contributed by atoms with Gasteiger partial charge in [-0.15, -0.1) is 11.3 Å². The molecule has 170 valence electrons. The first-order valence-electron chi connectivity index (χ1n) is 11.9. The molecule has 0 unspecified atom stereocenters. The summed E-state index contributed by atoms with van der Waals surface area (Å²) in [6, 6.07) is 6.43. The molecule has 5 rings (SSSR count). The van der Waals surface area contributed by atoms with E-state index < -0.39 is 0 Å². The topological polar surface area (TPSA) is 45.6 Å². The number of benzene rings is 1. The van der Waals surface area contributed by atoms with E-state index in [9.17, 15) is 4.79 Å². The number of carbonyl (C=O) groups excluding carboxylic acids is 1. The monoisotopic (exact) mass is 457 g/mol. The third-order valence-corrected chi connectivity index (χ3v) is 7.85. The normalized spacial score (nSPS) is 17.2. The van der Waals surface area contributed by atoms with Crippen molar-refractivity contribution in [1.29, 1.82) is 0 Å². The largest absolute Gasteiger partial charge is 0.337 e. The zero-order chi connectivity index (χ0) is 23.1. The van der Waals surface area contributed by atoms with Gasteiger partial charge in [-0.1, -0.05) is 35.9 Å². The smallest absolute Gasteiger partial charge is 0.274 e. The molecule has 0 bridgehead atoms. The van der Waals surface area contributed by atoms with E-state index in [4.69, 9.17) is 4.98 Å². The van der Waals surface area contributed by atoms with Crippen LogP contribution >= 0.6 is 11.3 Å². The number of aromatic nitrogens is 1. The molecule has 33 heavy (non-hydrogen) atoms. The van der Waals surface area contributed by atoms with Crippen LogP contribution in [0.5, 0.6) is 0 Å². The molecule has 5 heteroatoms. The molecule has 1 aromatic heterocycles. The average molecular weight is 458 g/mol. The molecule has 1 fully saturated rings. The molecular formula is C28H31N3OS. The van der Waals surface area contributed by atoms with Crippen LogP contribution in [0.2, 0.25) is 0 Å². The molecule has 3 aliphatic rings. The van der Waals surface area contributed by atoms with Gasteiger partial charge in [0.15, 0.2) is 0 Å².